The van der Waals surface area contributed by atoms with E-state index < -0.39 is 17.8 Å². The second-order valence-corrected chi connectivity index (χ2v) is 9.41. The summed E-state index contributed by atoms with van der Waals surface area (Å²) in [7, 11) is 1.51. The van der Waals surface area contributed by atoms with E-state index >= 15 is 0 Å². The van der Waals surface area contributed by atoms with E-state index in [0.717, 1.165) is 20.5 Å². The molecule has 188 valence electrons. The zero-order valence-electron chi connectivity index (χ0n) is 19.8. The Bertz CT molecular complexity index is 1400. The van der Waals surface area contributed by atoms with Crippen molar-refractivity contribution < 1.29 is 23.9 Å². The second-order valence-electron chi connectivity index (χ2n) is 8.05. The van der Waals surface area contributed by atoms with Crippen LogP contribution in [0.5, 0.6) is 11.5 Å². The van der Waals surface area contributed by atoms with Gasteiger partial charge in [-0.05, 0) is 72.2 Å². The Balaban J connectivity index is 1.69. The third-order valence-electron chi connectivity index (χ3n) is 5.53. The van der Waals surface area contributed by atoms with Gasteiger partial charge in [0, 0.05) is 15.1 Å². The van der Waals surface area contributed by atoms with Gasteiger partial charge in [-0.25, -0.2) is 9.69 Å². The Morgan fingerprint density at radius 3 is 2.41 bits per heavy atom. The number of barbiturate groups is 1. The van der Waals surface area contributed by atoms with Crippen LogP contribution in [-0.4, -0.2) is 25.0 Å². The summed E-state index contributed by atoms with van der Waals surface area (Å²) in [6.07, 6.45) is 3.59. The van der Waals surface area contributed by atoms with Gasteiger partial charge in [-0.2, -0.15) is 0 Å². The van der Waals surface area contributed by atoms with E-state index in [9.17, 15) is 14.4 Å². The lowest BCUT2D eigenvalue weighted by Gasteiger charge is -2.26. The molecule has 0 saturated carbocycles. The summed E-state index contributed by atoms with van der Waals surface area (Å²) in [6, 6.07) is 16.5. The molecule has 0 bridgehead atoms. The number of halogens is 2. The van der Waals surface area contributed by atoms with Crippen molar-refractivity contribution in [2.75, 3.05) is 12.0 Å². The van der Waals surface area contributed by atoms with Crippen LogP contribution >= 0.6 is 27.5 Å². The summed E-state index contributed by atoms with van der Waals surface area (Å²) < 4.78 is 12.4. The van der Waals surface area contributed by atoms with Gasteiger partial charge in [0.1, 0.15) is 12.2 Å². The van der Waals surface area contributed by atoms with Crippen LogP contribution in [0.2, 0.25) is 5.02 Å². The van der Waals surface area contributed by atoms with Crippen LogP contribution in [0.25, 0.3) is 6.08 Å². The van der Waals surface area contributed by atoms with Gasteiger partial charge < -0.3 is 9.47 Å². The molecule has 9 heteroatoms. The molecular weight excluding hydrogens is 560 g/mol. The predicted octanol–water partition coefficient (Wildman–Crippen LogP) is 6.09. The first-order valence-corrected chi connectivity index (χ1v) is 12.3. The summed E-state index contributed by atoms with van der Waals surface area (Å²) in [5.74, 6) is -0.575. The van der Waals surface area contributed by atoms with Crippen molar-refractivity contribution in [3.8, 4) is 11.5 Å². The van der Waals surface area contributed by atoms with Crippen LogP contribution in [0.4, 0.5) is 10.5 Å². The van der Waals surface area contributed by atoms with E-state index in [1.807, 2.05) is 12.1 Å². The molecule has 0 aliphatic carbocycles. The molecule has 0 aromatic heterocycles. The molecule has 1 N–H and O–H groups in total. The maximum atomic E-state index is 13.2. The zero-order chi connectivity index (χ0) is 26.5. The monoisotopic (exact) mass is 580 g/mol. The first-order valence-electron chi connectivity index (χ1n) is 11.2. The standard InChI is InChI=1S/C28H22BrClN2O5/c1-3-4-19-13-18(15-24(36-2)25(19)37-16-17-5-9-21(30)10-6-17)14-23-26(33)31-28(35)32(27(23)34)22-11-7-20(29)8-12-22/h3,5-15H,1,4,16H2,2H3,(H,31,33,35). The Hall–Kier alpha value is -3.88. The number of carbonyl (C=O) groups is 3. The van der Waals surface area contributed by atoms with E-state index in [2.05, 4.69) is 27.8 Å². The zero-order valence-corrected chi connectivity index (χ0v) is 22.1. The number of rotatable bonds is 8. The Morgan fingerprint density at radius 2 is 1.76 bits per heavy atom. The first kappa shape index (κ1) is 26.2. The summed E-state index contributed by atoms with van der Waals surface area (Å²) in [5, 5.41) is 2.86. The summed E-state index contributed by atoms with van der Waals surface area (Å²) in [5.41, 5.74) is 2.34. The Labute approximate surface area is 227 Å². The SMILES string of the molecule is C=CCc1cc(C=C2C(=O)NC(=O)N(c3ccc(Br)cc3)C2=O)cc(OC)c1OCc1ccc(Cl)cc1. The summed E-state index contributed by atoms with van der Waals surface area (Å²) in [4.78, 5) is 39.3. The van der Waals surface area contributed by atoms with E-state index in [-0.39, 0.29) is 12.2 Å². The minimum atomic E-state index is -0.814. The molecule has 4 amide bonds. The molecule has 4 rings (SSSR count). The fourth-order valence-corrected chi connectivity index (χ4v) is 4.16. The molecule has 3 aromatic carbocycles. The van der Waals surface area contributed by atoms with Crippen LogP contribution in [0.3, 0.4) is 0 Å². The van der Waals surface area contributed by atoms with Crippen molar-refractivity contribution >= 4 is 57.1 Å². The fraction of sp³-hybridized carbons (Fsp3) is 0.107. The topological polar surface area (TPSA) is 84.9 Å². The van der Waals surface area contributed by atoms with Crippen molar-refractivity contribution in [3.05, 3.63) is 105 Å². The minimum absolute atomic E-state index is 0.191. The number of imide groups is 2. The van der Waals surface area contributed by atoms with Gasteiger partial charge in [-0.1, -0.05) is 45.7 Å². The number of hydrogen-bond acceptors (Lipinski definition) is 5. The van der Waals surface area contributed by atoms with Crippen molar-refractivity contribution in [1.82, 2.24) is 5.32 Å². The van der Waals surface area contributed by atoms with Crippen LogP contribution in [0, 0.1) is 0 Å². The molecule has 1 aliphatic rings. The van der Waals surface area contributed by atoms with E-state index in [1.165, 1.54) is 13.2 Å². The third-order valence-corrected chi connectivity index (χ3v) is 6.31. The average Bonchev–Trinajstić information content (AvgIpc) is 2.88. The van der Waals surface area contributed by atoms with Crippen LogP contribution in [0.15, 0.2) is 83.4 Å². The van der Waals surface area contributed by atoms with Crippen molar-refractivity contribution in [2.24, 2.45) is 0 Å². The van der Waals surface area contributed by atoms with Gasteiger partial charge in [0.05, 0.1) is 12.8 Å². The predicted molar refractivity (Wildman–Crippen MR) is 146 cm³/mol. The summed E-state index contributed by atoms with van der Waals surface area (Å²) >= 11 is 9.29. The number of allylic oxidation sites excluding steroid dienone is 1. The molecule has 1 fully saturated rings. The van der Waals surface area contributed by atoms with Gasteiger partial charge in [-0.3, -0.25) is 14.9 Å². The van der Waals surface area contributed by atoms with Crippen LogP contribution in [0.1, 0.15) is 16.7 Å². The molecule has 0 atom stereocenters. The normalized spacial score (nSPS) is 14.5. The molecule has 1 aliphatic heterocycles. The number of ether oxygens (including phenoxy) is 2. The molecule has 0 radical (unpaired) electrons. The van der Waals surface area contributed by atoms with Crippen molar-refractivity contribution in [2.45, 2.75) is 13.0 Å². The largest absolute Gasteiger partial charge is 0.493 e. The number of nitrogens with zero attached hydrogens (tertiary/aromatic N) is 1. The van der Waals surface area contributed by atoms with Gasteiger partial charge in [0.2, 0.25) is 0 Å². The lowest BCUT2D eigenvalue weighted by atomic mass is 10.0. The van der Waals surface area contributed by atoms with Gasteiger partial charge >= 0.3 is 6.03 Å². The maximum Gasteiger partial charge on any atom is 0.335 e. The first-order chi connectivity index (χ1) is 17.8. The molecule has 37 heavy (non-hydrogen) atoms. The maximum absolute atomic E-state index is 13.2. The number of anilines is 1. The third kappa shape index (κ3) is 5.93. The van der Waals surface area contributed by atoms with Gasteiger partial charge in [0.25, 0.3) is 11.8 Å². The molecule has 0 spiro atoms. The molecule has 0 unspecified atom stereocenters. The van der Waals surface area contributed by atoms with E-state index in [4.69, 9.17) is 21.1 Å². The number of carbonyl (C=O) groups excluding carboxylic acids is 3. The second kappa shape index (κ2) is 11.5. The fourth-order valence-electron chi connectivity index (χ4n) is 3.77. The highest BCUT2D eigenvalue weighted by atomic mass is 79.9. The average molecular weight is 582 g/mol. The highest BCUT2D eigenvalue weighted by Crippen LogP contribution is 2.35. The number of urea groups is 1. The quantitative estimate of drug-likeness (QED) is 0.198. The van der Waals surface area contributed by atoms with Crippen LogP contribution < -0.4 is 19.7 Å². The number of amides is 4. The van der Waals surface area contributed by atoms with E-state index in [1.54, 1.807) is 54.6 Å². The minimum Gasteiger partial charge on any atom is -0.493 e. The molecule has 7 nitrogen and oxygen atoms in total. The molecule has 3 aromatic rings. The molecule has 1 saturated heterocycles. The van der Waals surface area contributed by atoms with E-state index in [0.29, 0.717) is 34.2 Å². The van der Waals surface area contributed by atoms with Gasteiger partial charge in [-0.15, -0.1) is 6.58 Å². The van der Waals surface area contributed by atoms with Gasteiger partial charge in [0.15, 0.2) is 11.5 Å². The number of benzene rings is 3. The van der Waals surface area contributed by atoms with Crippen LogP contribution in [-0.2, 0) is 22.6 Å². The Kier molecular flexibility index (Phi) is 8.11. The molecular formula is C28H22BrClN2O5. The highest BCUT2D eigenvalue weighted by Gasteiger charge is 2.36. The smallest absolute Gasteiger partial charge is 0.335 e. The highest BCUT2D eigenvalue weighted by molar-refractivity contribution is 9.10. The van der Waals surface area contributed by atoms with Crippen molar-refractivity contribution in [3.63, 3.8) is 0 Å². The van der Waals surface area contributed by atoms with Crippen molar-refractivity contribution in [1.29, 1.82) is 0 Å². The number of methoxy groups -OCH3 is 1. The summed E-state index contributed by atoms with van der Waals surface area (Å²) in [6.45, 7) is 4.10. The Morgan fingerprint density at radius 1 is 1.05 bits per heavy atom. The number of hydrogen-bond donors (Lipinski definition) is 1. The molecule has 1 heterocycles. The number of nitrogens with one attached hydrogen (secondary N) is 1. The lowest BCUT2D eigenvalue weighted by molar-refractivity contribution is -0.122. The lowest BCUT2D eigenvalue weighted by Crippen LogP contribution is -2.54.